The van der Waals surface area contributed by atoms with Crippen molar-refractivity contribution in [2.24, 2.45) is 0 Å². The van der Waals surface area contributed by atoms with E-state index in [1.54, 1.807) is 0 Å². The van der Waals surface area contributed by atoms with Gasteiger partial charge in [0.05, 0.1) is 5.60 Å². The Balaban J connectivity index is 2.64. The quantitative estimate of drug-likeness (QED) is 0.828. The zero-order chi connectivity index (χ0) is 12.2. The van der Waals surface area contributed by atoms with Gasteiger partial charge in [-0.15, -0.1) is 0 Å². The Hall–Kier alpha value is -1.02. The maximum atomic E-state index is 10.1. The molecule has 0 aliphatic heterocycles. The predicted octanol–water partition coefficient (Wildman–Crippen LogP) is 3.23. The van der Waals surface area contributed by atoms with Crippen molar-refractivity contribution in [3.8, 4) is 5.75 Å². The molecule has 0 spiro atoms. The van der Waals surface area contributed by atoms with Crippen LogP contribution in [-0.2, 0) is 0 Å². The number of aryl methyl sites for hydroxylation is 2. The van der Waals surface area contributed by atoms with E-state index in [9.17, 15) is 5.11 Å². The lowest BCUT2D eigenvalue weighted by atomic mass is 9.99. The first-order valence-corrected chi connectivity index (χ1v) is 5.93. The fraction of sp³-hybridized carbons (Fsp3) is 0.571. The Bertz CT molecular complexity index is 341. The van der Waals surface area contributed by atoms with Crippen molar-refractivity contribution < 1.29 is 9.84 Å². The Morgan fingerprint density at radius 2 is 1.75 bits per heavy atom. The van der Waals surface area contributed by atoms with E-state index in [2.05, 4.69) is 13.8 Å². The van der Waals surface area contributed by atoms with Crippen LogP contribution in [0.3, 0.4) is 0 Å². The monoisotopic (exact) mass is 222 g/mol. The third-order valence-electron chi connectivity index (χ3n) is 3.30. The van der Waals surface area contributed by atoms with Crippen LogP contribution in [0.15, 0.2) is 18.2 Å². The van der Waals surface area contributed by atoms with E-state index in [0.717, 1.165) is 5.75 Å². The van der Waals surface area contributed by atoms with Crippen molar-refractivity contribution in [1.82, 2.24) is 0 Å². The van der Waals surface area contributed by atoms with Crippen LogP contribution in [0.4, 0.5) is 0 Å². The highest BCUT2D eigenvalue weighted by Gasteiger charge is 2.22. The number of rotatable bonds is 5. The smallest absolute Gasteiger partial charge is 0.119 e. The van der Waals surface area contributed by atoms with Gasteiger partial charge in [-0.25, -0.2) is 0 Å². The van der Waals surface area contributed by atoms with Crippen LogP contribution in [0.2, 0.25) is 0 Å². The van der Waals surface area contributed by atoms with Gasteiger partial charge in [-0.3, -0.25) is 0 Å². The minimum absolute atomic E-state index is 0.364. The summed E-state index contributed by atoms with van der Waals surface area (Å²) in [6.07, 6.45) is 1.43. The Morgan fingerprint density at radius 3 is 2.25 bits per heavy atom. The lowest BCUT2D eigenvalue weighted by molar-refractivity contribution is -0.0113. The van der Waals surface area contributed by atoms with E-state index < -0.39 is 5.60 Å². The number of benzene rings is 1. The second kappa shape index (κ2) is 5.35. The van der Waals surface area contributed by atoms with Gasteiger partial charge in [0.15, 0.2) is 0 Å². The molecule has 1 N–H and O–H groups in total. The average molecular weight is 222 g/mol. The Morgan fingerprint density at radius 1 is 1.12 bits per heavy atom. The minimum atomic E-state index is -0.696. The molecule has 2 heteroatoms. The molecule has 0 amide bonds. The molecule has 1 rings (SSSR count). The van der Waals surface area contributed by atoms with Gasteiger partial charge in [-0.2, -0.15) is 0 Å². The normalized spacial score (nSPS) is 11.6. The minimum Gasteiger partial charge on any atom is -0.491 e. The van der Waals surface area contributed by atoms with E-state index in [0.29, 0.717) is 19.4 Å². The van der Waals surface area contributed by atoms with Crippen LogP contribution in [0, 0.1) is 13.8 Å². The molecule has 0 saturated carbocycles. The fourth-order valence-electron chi connectivity index (χ4n) is 1.48. The maximum absolute atomic E-state index is 10.1. The van der Waals surface area contributed by atoms with Gasteiger partial charge in [0.2, 0.25) is 0 Å². The third-order valence-corrected chi connectivity index (χ3v) is 3.30. The predicted molar refractivity (Wildman–Crippen MR) is 66.9 cm³/mol. The van der Waals surface area contributed by atoms with Gasteiger partial charge in [0.25, 0.3) is 0 Å². The van der Waals surface area contributed by atoms with Crippen LogP contribution in [0.25, 0.3) is 0 Å². The maximum Gasteiger partial charge on any atom is 0.119 e. The highest BCUT2D eigenvalue weighted by molar-refractivity contribution is 5.33. The van der Waals surface area contributed by atoms with Crippen LogP contribution >= 0.6 is 0 Å². The first-order valence-electron chi connectivity index (χ1n) is 5.93. The molecule has 1 aromatic carbocycles. The van der Waals surface area contributed by atoms with Crippen molar-refractivity contribution >= 4 is 0 Å². The van der Waals surface area contributed by atoms with Gasteiger partial charge in [0.1, 0.15) is 12.4 Å². The molecule has 0 saturated heterocycles. The first-order chi connectivity index (χ1) is 7.50. The number of ether oxygens (including phenoxy) is 1. The van der Waals surface area contributed by atoms with Crippen molar-refractivity contribution in [3.05, 3.63) is 29.3 Å². The summed E-state index contributed by atoms with van der Waals surface area (Å²) in [4.78, 5) is 0. The van der Waals surface area contributed by atoms with E-state index in [4.69, 9.17) is 4.74 Å². The molecule has 0 unspecified atom stereocenters. The molecular weight excluding hydrogens is 200 g/mol. The van der Waals surface area contributed by atoms with Crippen LogP contribution < -0.4 is 4.74 Å². The zero-order valence-corrected chi connectivity index (χ0v) is 10.7. The summed E-state index contributed by atoms with van der Waals surface area (Å²) in [5.74, 6) is 0.837. The van der Waals surface area contributed by atoms with Gasteiger partial charge < -0.3 is 9.84 Å². The number of hydrogen-bond donors (Lipinski definition) is 1. The summed E-state index contributed by atoms with van der Waals surface area (Å²) >= 11 is 0. The second-order valence-electron chi connectivity index (χ2n) is 4.47. The largest absolute Gasteiger partial charge is 0.491 e. The lowest BCUT2D eigenvalue weighted by Gasteiger charge is -2.25. The zero-order valence-electron chi connectivity index (χ0n) is 10.7. The van der Waals surface area contributed by atoms with Gasteiger partial charge >= 0.3 is 0 Å². The Kier molecular flexibility index (Phi) is 4.36. The highest BCUT2D eigenvalue weighted by atomic mass is 16.5. The number of aliphatic hydroxyl groups is 1. The first kappa shape index (κ1) is 13.0. The average Bonchev–Trinajstić information content (AvgIpc) is 2.30. The fourth-order valence-corrected chi connectivity index (χ4v) is 1.48. The summed E-state index contributed by atoms with van der Waals surface area (Å²) in [7, 11) is 0. The molecule has 0 fully saturated rings. The standard InChI is InChI=1S/C14H22O2/c1-5-14(15,6-2)10-16-13-8-7-11(3)12(4)9-13/h7-9,15H,5-6,10H2,1-4H3. The summed E-state index contributed by atoms with van der Waals surface area (Å²) < 4.78 is 5.64. The second-order valence-corrected chi connectivity index (χ2v) is 4.47. The lowest BCUT2D eigenvalue weighted by Crippen LogP contribution is -2.34. The van der Waals surface area contributed by atoms with Crippen LogP contribution in [-0.4, -0.2) is 17.3 Å². The van der Waals surface area contributed by atoms with Gasteiger partial charge in [0, 0.05) is 0 Å². The summed E-state index contributed by atoms with van der Waals surface area (Å²) in [6.45, 7) is 8.46. The van der Waals surface area contributed by atoms with Crippen molar-refractivity contribution in [1.29, 1.82) is 0 Å². The van der Waals surface area contributed by atoms with Crippen LogP contribution in [0.1, 0.15) is 37.8 Å². The molecule has 90 valence electrons. The highest BCUT2D eigenvalue weighted by Crippen LogP contribution is 2.20. The number of hydrogen-bond acceptors (Lipinski definition) is 2. The molecule has 0 atom stereocenters. The molecule has 1 aromatic rings. The molecular formula is C14H22O2. The van der Waals surface area contributed by atoms with Crippen molar-refractivity contribution in [2.45, 2.75) is 46.1 Å². The molecule has 0 aliphatic carbocycles. The van der Waals surface area contributed by atoms with Crippen molar-refractivity contribution in [3.63, 3.8) is 0 Å². The van der Waals surface area contributed by atoms with Gasteiger partial charge in [-0.05, 0) is 49.9 Å². The SMILES string of the molecule is CCC(O)(CC)COc1ccc(C)c(C)c1. The van der Waals surface area contributed by atoms with Crippen molar-refractivity contribution in [2.75, 3.05) is 6.61 Å². The summed E-state index contributed by atoms with van der Waals surface area (Å²) in [5.41, 5.74) is 1.78. The molecule has 0 radical (unpaired) electrons. The van der Waals surface area contributed by atoms with E-state index in [1.165, 1.54) is 11.1 Å². The third kappa shape index (κ3) is 3.24. The van der Waals surface area contributed by atoms with E-state index in [1.807, 2.05) is 32.0 Å². The topological polar surface area (TPSA) is 29.5 Å². The molecule has 2 nitrogen and oxygen atoms in total. The Labute approximate surface area is 98.3 Å². The molecule has 0 aliphatic rings. The van der Waals surface area contributed by atoms with E-state index >= 15 is 0 Å². The van der Waals surface area contributed by atoms with Gasteiger partial charge in [-0.1, -0.05) is 19.9 Å². The summed E-state index contributed by atoms with van der Waals surface area (Å²) in [5, 5.41) is 10.1. The molecule has 0 bridgehead atoms. The van der Waals surface area contributed by atoms with E-state index in [-0.39, 0.29) is 0 Å². The molecule has 16 heavy (non-hydrogen) atoms. The summed E-state index contributed by atoms with van der Waals surface area (Å²) in [6, 6.07) is 6.01. The van der Waals surface area contributed by atoms with Crippen LogP contribution in [0.5, 0.6) is 5.75 Å². The molecule has 0 aromatic heterocycles. The molecule has 0 heterocycles.